The molecule has 298 valence electrons. The molecule has 0 spiro atoms. The maximum atomic E-state index is 13.8. The Morgan fingerprint density at radius 1 is 0.842 bits per heavy atom. The third-order valence-corrected chi connectivity index (χ3v) is 12.2. The highest BCUT2D eigenvalue weighted by molar-refractivity contribution is 7.99. The van der Waals surface area contributed by atoms with E-state index in [1.54, 1.807) is 48.2 Å². The number of nitro benzene ring substituents is 1. The van der Waals surface area contributed by atoms with E-state index in [1.807, 2.05) is 49.3 Å². The van der Waals surface area contributed by atoms with Crippen molar-refractivity contribution in [2.75, 3.05) is 62.8 Å². The maximum Gasteiger partial charge on any atom is 0.293 e. The molecule has 2 N–H and O–H groups in total. The van der Waals surface area contributed by atoms with Crippen LogP contribution in [0, 0.1) is 21.7 Å². The van der Waals surface area contributed by atoms with Gasteiger partial charge >= 0.3 is 0 Å². The zero-order valence-corrected chi connectivity index (χ0v) is 33.2. The SMILES string of the molecule is CN(C)CC[C@@H](CSc1ccccc1)Nc1ccc(S(=O)(=O)NC(=O)c2ccc(N3CCN(C(c4ccc(F)cc4)c4ccc(F)cc4)CC3)cc2)cc1[N+](=O)[O-]. The number of rotatable bonds is 16. The molecule has 15 heteroatoms. The largest absolute Gasteiger partial charge is 0.376 e. The van der Waals surface area contributed by atoms with Crippen LogP contribution < -0.4 is 14.9 Å². The van der Waals surface area contributed by atoms with E-state index in [4.69, 9.17) is 0 Å². The van der Waals surface area contributed by atoms with Gasteiger partial charge in [0.2, 0.25) is 0 Å². The molecular formula is C42H44F2N6O5S2. The monoisotopic (exact) mass is 814 g/mol. The van der Waals surface area contributed by atoms with Gasteiger partial charge in [-0.25, -0.2) is 21.9 Å². The summed E-state index contributed by atoms with van der Waals surface area (Å²) < 4.78 is 56.3. The van der Waals surface area contributed by atoms with Gasteiger partial charge in [-0.05, 0) is 111 Å². The van der Waals surface area contributed by atoms with Crippen LogP contribution in [0.15, 0.2) is 131 Å². The highest BCUT2D eigenvalue weighted by atomic mass is 32.2. The number of piperazine rings is 1. The normalized spacial score (nSPS) is 14.1. The summed E-state index contributed by atoms with van der Waals surface area (Å²) in [6.07, 6.45) is 0.685. The summed E-state index contributed by atoms with van der Waals surface area (Å²) in [5.41, 5.74) is 2.47. The fourth-order valence-electron chi connectivity index (χ4n) is 6.70. The van der Waals surface area contributed by atoms with Crippen molar-refractivity contribution in [2.24, 2.45) is 0 Å². The number of nitrogens with one attached hydrogen (secondary N) is 2. The Labute approximate surface area is 335 Å². The number of thioether (sulfide) groups is 1. The lowest BCUT2D eigenvalue weighted by Crippen LogP contribution is -2.48. The third-order valence-electron chi connectivity index (χ3n) is 9.73. The molecule has 1 heterocycles. The molecule has 0 aliphatic carbocycles. The summed E-state index contributed by atoms with van der Waals surface area (Å²) >= 11 is 1.62. The van der Waals surface area contributed by atoms with E-state index in [0.29, 0.717) is 38.4 Å². The zero-order chi connectivity index (χ0) is 40.5. The van der Waals surface area contributed by atoms with Crippen molar-refractivity contribution in [3.05, 3.63) is 160 Å². The average molecular weight is 815 g/mol. The van der Waals surface area contributed by atoms with E-state index in [9.17, 15) is 32.1 Å². The molecule has 1 atom stereocenters. The zero-order valence-electron chi connectivity index (χ0n) is 31.6. The minimum atomic E-state index is -4.47. The van der Waals surface area contributed by atoms with Crippen molar-refractivity contribution in [1.82, 2.24) is 14.5 Å². The number of amides is 1. The van der Waals surface area contributed by atoms with E-state index in [1.165, 1.54) is 48.5 Å². The third kappa shape index (κ3) is 10.9. The van der Waals surface area contributed by atoms with Crippen LogP contribution in [0.4, 0.5) is 25.8 Å². The fourth-order valence-corrected chi connectivity index (χ4v) is 8.69. The van der Waals surface area contributed by atoms with Gasteiger partial charge in [-0.1, -0.05) is 42.5 Å². The van der Waals surface area contributed by atoms with Crippen LogP contribution in [-0.2, 0) is 10.0 Å². The summed E-state index contributed by atoms with van der Waals surface area (Å²) in [7, 11) is -0.582. The van der Waals surface area contributed by atoms with Crippen LogP contribution in [-0.4, -0.2) is 87.7 Å². The molecule has 0 saturated carbocycles. The predicted octanol–water partition coefficient (Wildman–Crippen LogP) is 7.43. The molecule has 1 aliphatic rings. The van der Waals surface area contributed by atoms with Crippen LogP contribution in [0.5, 0.6) is 0 Å². The number of anilines is 2. The van der Waals surface area contributed by atoms with Crippen molar-refractivity contribution in [2.45, 2.75) is 28.3 Å². The van der Waals surface area contributed by atoms with E-state index in [2.05, 4.69) is 19.8 Å². The first-order chi connectivity index (χ1) is 27.4. The first kappa shape index (κ1) is 41.3. The fraction of sp³-hybridized carbons (Fsp3) is 0.262. The van der Waals surface area contributed by atoms with Crippen molar-refractivity contribution < 1.29 is 26.9 Å². The molecule has 0 bridgehead atoms. The Hall–Kier alpha value is -5.35. The maximum absolute atomic E-state index is 13.8. The quantitative estimate of drug-likeness (QED) is 0.0590. The standard InChI is InChI=1S/C42H44F2N6O5S2/c1-47(2)23-22-35(29-56-37-6-4-3-5-7-37)45-39-21-20-38(28-40(39)50(52)53)57(54,55)46-42(51)32-12-18-36(19-13-32)48-24-26-49(27-25-48)41(30-8-14-33(43)15-9-30)31-10-16-34(44)17-11-31/h3-21,28,35,41,45H,22-27,29H2,1-2H3,(H,46,51)/t35-/m0/s1. The van der Waals surface area contributed by atoms with Gasteiger partial charge in [0.25, 0.3) is 21.6 Å². The van der Waals surface area contributed by atoms with E-state index in [0.717, 1.165) is 34.3 Å². The van der Waals surface area contributed by atoms with Crippen molar-refractivity contribution in [3.8, 4) is 0 Å². The van der Waals surface area contributed by atoms with Crippen LogP contribution >= 0.6 is 11.8 Å². The Morgan fingerprint density at radius 2 is 1.44 bits per heavy atom. The van der Waals surface area contributed by atoms with E-state index < -0.39 is 31.4 Å². The number of hydrogen-bond donors (Lipinski definition) is 2. The summed E-state index contributed by atoms with van der Waals surface area (Å²) in [5, 5.41) is 15.4. The smallest absolute Gasteiger partial charge is 0.293 e. The highest BCUT2D eigenvalue weighted by Crippen LogP contribution is 2.32. The van der Waals surface area contributed by atoms with Gasteiger partial charge in [0, 0.05) is 60.2 Å². The molecule has 57 heavy (non-hydrogen) atoms. The molecule has 0 unspecified atom stereocenters. The van der Waals surface area contributed by atoms with Crippen molar-refractivity contribution in [3.63, 3.8) is 0 Å². The minimum absolute atomic E-state index is 0.0982. The Bertz CT molecular complexity index is 2190. The summed E-state index contributed by atoms with van der Waals surface area (Å²) in [4.78, 5) is 31.8. The predicted molar refractivity (Wildman–Crippen MR) is 220 cm³/mol. The van der Waals surface area contributed by atoms with Crippen molar-refractivity contribution >= 4 is 44.8 Å². The van der Waals surface area contributed by atoms with Gasteiger partial charge in [-0.15, -0.1) is 11.8 Å². The van der Waals surface area contributed by atoms with Gasteiger partial charge in [0.15, 0.2) is 0 Å². The lowest BCUT2D eigenvalue weighted by molar-refractivity contribution is -0.384. The van der Waals surface area contributed by atoms with Gasteiger partial charge < -0.3 is 15.1 Å². The molecule has 1 aliphatic heterocycles. The molecule has 0 aromatic heterocycles. The number of sulfonamides is 1. The Balaban J connectivity index is 1.09. The van der Waals surface area contributed by atoms with Gasteiger partial charge in [-0.2, -0.15) is 0 Å². The van der Waals surface area contributed by atoms with Gasteiger partial charge in [0.05, 0.1) is 15.9 Å². The molecule has 5 aromatic carbocycles. The molecular weight excluding hydrogens is 771 g/mol. The average Bonchev–Trinajstić information content (AvgIpc) is 3.21. The number of halogens is 2. The van der Waals surface area contributed by atoms with Crippen LogP contribution in [0.1, 0.15) is 33.9 Å². The minimum Gasteiger partial charge on any atom is -0.376 e. The molecule has 5 aromatic rings. The second-order valence-electron chi connectivity index (χ2n) is 14.0. The lowest BCUT2D eigenvalue weighted by atomic mass is 9.96. The molecule has 1 saturated heterocycles. The topological polar surface area (TPSA) is 128 Å². The van der Waals surface area contributed by atoms with Crippen LogP contribution in [0.3, 0.4) is 0 Å². The van der Waals surface area contributed by atoms with Crippen LogP contribution in [0.2, 0.25) is 0 Å². The molecule has 6 rings (SSSR count). The molecule has 1 amide bonds. The summed E-state index contributed by atoms with van der Waals surface area (Å²) in [6.45, 7) is 3.28. The highest BCUT2D eigenvalue weighted by Gasteiger charge is 2.28. The first-order valence-corrected chi connectivity index (χ1v) is 20.9. The first-order valence-electron chi connectivity index (χ1n) is 18.4. The second kappa shape index (κ2) is 18.7. The van der Waals surface area contributed by atoms with Gasteiger partial charge in [0.1, 0.15) is 17.3 Å². The summed E-state index contributed by atoms with van der Waals surface area (Å²) in [6, 6.07) is 32.2. The molecule has 11 nitrogen and oxygen atoms in total. The van der Waals surface area contributed by atoms with E-state index in [-0.39, 0.29) is 35.0 Å². The lowest BCUT2D eigenvalue weighted by Gasteiger charge is -2.40. The van der Waals surface area contributed by atoms with Crippen LogP contribution in [0.25, 0.3) is 0 Å². The van der Waals surface area contributed by atoms with E-state index >= 15 is 0 Å². The number of nitrogens with zero attached hydrogens (tertiary/aromatic N) is 4. The second-order valence-corrected chi connectivity index (χ2v) is 16.8. The number of carbonyl (C=O) groups excluding carboxylic acids is 1. The van der Waals surface area contributed by atoms with Crippen molar-refractivity contribution in [1.29, 1.82) is 0 Å². The Morgan fingerprint density at radius 3 is 2.00 bits per heavy atom. The number of benzene rings is 5. The van der Waals surface area contributed by atoms with Gasteiger partial charge in [-0.3, -0.25) is 19.8 Å². The number of carbonyl (C=O) groups is 1. The molecule has 0 radical (unpaired) electrons. The summed E-state index contributed by atoms with van der Waals surface area (Å²) in [5.74, 6) is -0.928. The Kier molecular flexibility index (Phi) is 13.6. The number of hydrogen-bond acceptors (Lipinski definition) is 10. The molecule has 1 fully saturated rings. The number of nitro groups is 1.